The number of hydrogen-bond acceptors (Lipinski definition) is 3. The molecule has 0 unspecified atom stereocenters. The van der Waals surface area contributed by atoms with Crippen LogP contribution >= 0.6 is 0 Å². The van der Waals surface area contributed by atoms with Crippen LogP contribution in [0.4, 0.5) is 4.39 Å². The molecule has 3 nitrogen and oxygen atoms in total. The SMILES string of the molecule is CC1CCC(OC(=O)c2ccc(F)nc2)CC1. The minimum absolute atomic E-state index is 0.00348. The van der Waals surface area contributed by atoms with Crippen LogP contribution in [-0.4, -0.2) is 17.1 Å². The lowest BCUT2D eigenvalue weighted by Crippen LogP contribution is -2.23. The molecule has 0 N–H and O–H groups in total. The van der Waals surface area contributed by atoms with Crippen LogP contribution in [-0.2, 0) is 4.74 Å². The zero-order valence-electron chi connectivity index (χ0n) is 9.86. The van der Waals surface area contributed by atoms with E-state index in [0.717, 1.165) is 31.6 Å². The van der Waals surface area contributed by atoms with Crippen LogP contribution in [0.15, 0.2) is 18.3 Å². The molecule has 4 heteroatoms. The average Bonchev–Trinajstić information content (AvgIpc) is 2.33. The molecule has 1 aliphatic carbocycles. The van der Waals surface area contributed by atoms with E-state index in [0.29, 0.717) is 5.56 Å². The third kappa shape index (κ3) is 3.25. The van der Waals surface area contributed by atoms with Crippen LogP contribution in [0.1, 0.15) is 43.0 Å². The topological polar surface area (TPSA) is 39.2 Å². The van der Waals surface area contributed by atoms with E-state index in [1.54, 1.807) is 0 Å². The Morgan fingerprint density at radius 3 is 2.65 bits per heavy atom. The summed E-state index contributed by atoms with van der Waals surface area (Å²) in [6.45, 7) is 2.21. The van der Waals surface area contributed by atoms with Gasteiger partial charge >= 0.3 is 5.97 Å². The maximum absolute atomic E-state index is 12.6. The number of carbonyl (C=O) groups excluding carboxylic acids is 1. The number of ether oxygens (including phenoxy) is 1. The van der Waals surface area contributed by atoms with Crippen LogP contribution in [0.3, 0.4) is 0 Å². The Labute approximate surface area is 100 Å². The first kappa shape index (κ1) is 12.0. The van der Waals surface area contributed by atoms with E-state index >= 15 is 0 Å². The minimum atomic E-state index is -0.590. The Hall–Kier alpha value is -1.45. The molecule has 0 amide bonds. The van der Waals surface area contributed by atoms with Crippen LogP contribution in [0.25, 0.3) is 0 Å². The summed E-state index contributed by atoms with van der Waals surface area (Å²) >= 11 is 0. The zero-order valence-corrected chi connectivity index (χ0v) is 9.86. The second kappa shape index (κ2) is 5.25. The molecular formula is C13H16FNO2. The van der Waals surface area contributed by atoms with Gasteiger partial charge in [-0.1, -0.05) is 6.92 Å². The third-order valence-electron chi connectivity index (χ3n) is 3.20. The van der Waals surface area contributed by atoms with Crippen molar-refractivity contribution in [3.05, 3.63) is 29.8 Å². The highest BCUT2D eigenvalue weighted by Crippen LogP contribution is 2.26. The van der Waals surface area contributed by atoms with Gasteiger partial charge in [0.1, 0.15) is 6.10 Å². The summed E-state index contributed by atoms with van der Waals surface area (Å²) in [5, 5.41) is 0. The number of halogens is 1. The van der Waals surface area contributed by atoms with E-state index in [-0.39, 0.29) is 6.10 Å². The Morgan fingerprint density at radius 1 is 1.35 bits per heavy atom. The Balaban J connectivity index is 1.91. The van der Waals surface area contributed by atoms with Gasteiger partial charge in [0.25, 0.3) is 0 Å². The number of rotatable bonds is 2. The van der Waals surface area contributed by atoms with E-state index in [9.17, 15) is 9.18 Å². The Morgan fingerprint density at radius 2 is 2.06 bits per heavy atom. The number of esters is 1. The lowest BCUT2D eigenvalue weighted by molar-refractivity contribution is 0.0173. The monoisotopic (exact) mass is 237 g/mol. The lowest BCUT2D eigenvalue weighted by Gasteiger charge is -2.25. The summed E-state index contributed by atoms with van der Waals surface area (Å²) in [4.78, 5) is 15.2. The molecule has 1 aliphatic rings. The van der Waals surface area contributed by atoms with Crippen molar-refractivity contribution in [1.82, 2.24) is 4.98 Å². The zero-order chi connectivity index (χ0) is 12.3. The van der Waals surface area contributed by atoms with Gasteiger partial charge in [-0.2, -0.15) is 4.39 Å². The van der Waals surface area contributed by atoms with Gasteiger partial charge < -0.3 is 4.74 Å². The van der Waals surface area contributed by atoms with Crippen LogP contribution in [0, 0.1) is 11.9 Å². The molecule has 0 aliphatic heterocycles. The average molecular weight is 237 g/mol. The maximum Gasteiger partial charge on any atom is 0.339 e. The maximum atomic E-state index is 12.6. The second-order valence-electron chi connectivity index (χ2n) is 4.66. The Kier molecular flexibility index (Phi) is 3.71. The summed E-state index contributed by atoms with van der Waals surface area (Å²) in [5.74, 6) is -0.275. The molecule has 0 radical (unpaired) electrons. The predicted molar refractivity (Wildman–Crippen MR) is 61.0 cm³/mol. The molecule has 1 heterocycles. The normalized spacial score (nSPS) is 24.4. The smallest absolute Gasteiger partial charge is 0.339 e. The van der Waals surface area contributed by atoms with Crippen molar-refractivity contribution in [3.63, 3.8) is 0 Å². The molecule has 92 valence electrons. The van der Waals surface area contributed by atoms with Crippen molar-refractivity contribution in [2.24, 2.45) is 5.92 Å². The van der Waals surface area contributed by atoms with Gasteiger partial charge in [-0.25, -0.2) is 9.78 Å². The van der Waals surface area contributed by atoms with Crippen molar-refractivity contribution in [2.75, 3.05) is 0 Å². The van der Waals surface area contributed by atoms with E-state index in [1.165, 1.54) is 18.3 Å². The van der Waals surface area contributed by atoms with Crippen molar-refractivity contribution in [2.45, 2.75) is 38.7 Å². The minimum Gasteiger partial charge on any atom is -0.459 e. The third-order valence-corrected chi connectivity index (χ3v) is 3.20. The standard InChI is InChI=1S/C13H16FNO2/c1-9-2-5-11(6-3-9)17-13(16)10-4-7-12(14)15-8-10/h4,7-9,11H,2-3,5-6H2,1H3. The fourth-order valence-corrected chi connectivity index (χ4v) is 2.06. The summed E-state index contributed by atoms with van der Waals surface area (Å²) < 4.78 is 18.0. The first-order valence-electron chi connectivity index (χ1n) is 5.97. The van der Waals surface area contributed by atoms with Gasteiger partial charge in [0.15, 0.2) is 0 Å². The quantitative estimate of drug-likeness (QED) is 0.586. The van der Waals surface area contributed by atoms with Crippen LogP contribution < -0.4 is 0 Å². The second-order valence-corrected chi connectivity index (χ2v) is 4.66. The fourth-order valence-electron chi connectivity index (χ4n) is 2.06. The molecule has 0 bridgehead atoms. The first-order chi connectivity index (χ1) is 8.15. The van der Waals surface area contributed by atoms with E-state index < -0.39 is 11.9 Å². The number of aromatic nitrogens is 1. The number of hydrogen-bond donors (Lipinski definition) is 0. The lowest BCUT2D eigenvalue weighted by atomic mass is 9.89. The van der Waals surface area contributed by atoms with Gasteiger partial charge in [0, 0.05) is 6.20 Å². The van der Waals surface area contributed by atoms with Crippen molar-refractivity contribution >= 4 is 5.97 Å². The molecule has 1 aromatic heterocycles. The van der Waals surface area contributed by atoms with Gasteiger partial charge in [0.2, 0.25) is 5.95 Å². The van der Waals surface area contributed by atoms with Gasteiger partial charge in [-0.15, -0.1) is 0 Å². The summed E-state index contributed by atoms with van der Waals surface area (Å²) in [6.07, 6.45) is 5.24. The van der Waals surface area contributed by atoms with Gasteiger partial charge in [-0.3, -0.25) is 0 Å². The number of nitrogens with zero attached hydrogens (tertiary/aromatic N) is 1. The van der Waals surface area contributed by atoms with Crippen molar-refractivity contribution < 1.29 is 13.9 Å². The summed E-state index contributed by atoms with van der Waals surface area (Å²) in [5.41, 5.74) is 0.310. The first-order valence-corrected chi connectivity index (χ1v) is 5.97. The molecule has 1 fully saturated rings. The fraction of sp³-hybridized carbons (Fsp3) is 0.538. The van der Waals surface area contributed by atoms with Crippen LogP contribution in [0.2, 0.25) is 0 Å². The number of pyridine rings is 1. The van der Waals surface area contributed by atoms with Crippen molar-refractivity contribution in [3.8, 4) is 0 Å². The molecule has 0 aromatic carbocycles. The van der Waals surface area contributed by atoms with Gasteiger partial charge in [-0.05, 0) is 43.7 Å². The van der Waals surface area contributed by atoms with Crippen LogP contribution in [0.5, 0.6) is 0 Å². The van der Waals surface area contributed by atoms with E-state index in [4.69, 9.17) is 4.74 Å². The van der Waals surface area contributed by atoms with E-state index in [1.807, 2.05) is 0 Å². The molecule has 0 atom stereocenters. The highest BCUT2D eigenvalue weighted by molar-refractivity contribution is 5.89. The molecule has 0 saturated heterocycles. The van der Waals surface area contributed by atoms with E-state index in [2.05, 4.69) is 11.9 Å². The molecule has 1 aromatic rings. The molecule has 0 spiro atoms. The molecule has 2 rings (SSSR count). The summed E-state index contributed by atoms with van der Waals surface area (Å²) in [6, 6.07) is 2.57. The predicted octanol–water partition coefficient (Wildman–Crippen LogP) is 2.96. The molecular weight excluding hydrogens is 221 g/mol. The van der Waals surface area contributed by atoms with Crippen molar-refractivity contribution in [1.29, 1.82) is 0 Å². The summed E-state index contributed by atoms with van der Waals surface area (Å²) in [7, 11) is 0. The number of carbonyl (C=O) groups is 1. The molecule has 17 heavy (non-hydrogen) atoms. The largest absolute Gasteiger partial charge is 0.459 e. The Bertz CT molecular complexity index is 383. The van der Waals surface area contributed by atoms with Gasteiger partial charge in [0.05, 0.1) is 5.56 Å². The highest BCUT2D eigenvalue weighted by Gasteiger charge is 2.22. The highest BCUT2D eigenvalue weighted by atomic mass is 19.1. The molecule has 1 saturated carbocycles.